The van der Waals surface area contributed by atoms with Crippen molar-refractivity contribution in [3.05, 3.63) is 12.2 Å². The molecule has 94 valence electrons. The third kappa shape index (κ3) is 2.88. The van der Waals surface area contributed by atoms with Crippen molar-refractivity contribution in [1.82, 2.24) is 0 Å². The van der Waals surface area contributed by atoms with E-state index in [1.807, 2.05) is 0 Å². The number of alkyl halides is 1. The van der Waals surface area contributed by atoms with E-state index in [2.05, 4.69) is 0 Å². The van der Waals surface area contributed by atoms with Gasteiger partial charge in [-0.3, -0.25) is 4.57 Å². The van der Waals surface area contributed by atoms with Crippen LogP contribution in [0.5, 0.6) is 0 Å². The van der Waals surface area contributed by atoms with Crippen LogP contribution in [0.3, 0.4) is 0 Å². The third-order valence-electron chi connectivity index (χ3n) is 3.00. The molecule has 1 rings (SSSR count). The summed E-state index contributed by atoms with van der Waals surface area (Å²) >= 11 is 5.88. The Morgan fingerprint density at radius 2 is 2.00 bits per heavy atom. The molecule has 4 nitrogen and oxygen atoms in total. The van der Waals surface area contributed by atoms with Crippen LogP contribution in [-0.2, 0) is 9.30 Å². The molecule has 0 spiro atoms. The predicted molar refractivity (Wildman–Crippen MR) is 63.6 cm³/mol. The van der Waals surface area contributed by atoms with Gasteiger partial charge in [-0.15, -0.1) is 11.6 Å². The Hall–Kier alpha value is 0.140. The molecule has 0 bridgehead atoms. The molecule has 0 aromatic rings. The van der Waals surface area contributed by atoms with E-state index >= 15 is 0 Å². The Morgan fingerprint density at radius 3 is 2.31 bits per heavy atom. The smallest absolute Gasteiger partial charge is 0.355 e. The summed E-state index contributed by atoms with van der Waals surface area (Å²) in [5.41, 5.74) is 0. The molecule has 0 aliphatic heterocycles. The maximum atomic E-state index is 11.5. The molecule has 6 heteroatoms. The summed E-state index contributed by atoms with van der Waals surface area (Å²) in [7, 11) is -4.28. The van der Waals surface area contributed by atoms with E-state index in [0.29, 0.717) is 6.42 Å². The highest BCUT2D eigenvalue weighted by molar-refractivity contribution is 7.53. The van der Waals surface area contributed by atoms with E-state index in [1.165, 1.54) is 0 Å². The average molecular weight is 269 g/mol. The van der Waals surface area contributed by atoms with Crippen LogP contribution in [0.1, 0.15) is 33.1 Å². The second-order valence-corrected chi connectivity index (χ2v) is 6.45. The van der Waals surface area contributed by atoms with Crippen molar-refractivity contribution in [2.45, 2.75) is 49.9 Å². The van der Waals surface area contributed by atoms with Crippen LogP contribution in [0.25, 0.3) is 0 Å². The molecular formula is C10H18ClO4P. The SMILES string of the molecule is CCC(CC)(OC1C=CC(Cl)C1)P(=O)(O)O. The van der Waals surface area contributed by atoms with Gasteiger partial charge in [-0.1, -0.05) is 26.0 Å². The molecule has 0 heterocycles. The second-order valence-electron chi connectivity index (χ2n) is 3.99. The van der Waals surface area contributed by atoms with Crippen LogP contribution in [0, 0.1) is 0 Å². The molecule has 16 heavy (non-hydrogen) atoms. The Balaban J connectivity index is 2.80. The Bertz CT molecular complexity index is 308. The highest BCUT2D eigenvalue weighted by Gasteiger charge is 2.46. The van der Waals surface area contributed by atoms with Gasteiger partial charge >= 0.3 is 7.60 Å². The highest BCUT2D eigenvalue weighted by Crippen LogP contribution is 2.56. The van der Waals surface area contributed by atoms with Gasteiger partial charge in [0.25, 0.3) is 0 Å². The van der Waals surface area contributed by atoms with Crippen molar-refractivity contribution in [3.63, 3.8) is 0 Å². The Labute approximate surface area is 101 Å². The van der Waals surface area contributed by atoms with Crippen molar-refractivity contribution in [2.24, 2.45) is 0 Å². The summed E-state index contributed by atoms with van der Waals surface area (Å²) < 4.78 is 17.1. The predicted octanol–water partition coefficient (Wildman–Crippen LogP) is 2.63. The molecule has 2 atom stereocenters. The molecule has 0 aromatic carbocycles. The number of rotatable bonds is 5. The molecule has 1 aliphatic rings. The second kappa shape index (κ2) is 5.19. The van der Waals surface area contributed by atoms with E-state index in [4.69, 9.17) is 16.3 Å². The van der Waals surface area contributed by atoms with Crippen LogP contribution in [0.4, 0.5) is 0 Å². The average Bonchev–Trinajstić information content (AvgIpc) is 2.58. The Kier molecular flexibility index (Phi) is 4.61. The van der Waals surface area contributed by atoms with Crippen molar-refractivity contribution in [2.75, 3.05) is 0 Å². The summed E-state index contributed by atoms with van der Waals surface area (Å²) in [6, 6.07) is 0. The molecular weight excluding hydrogens is 251 g/mol. The quantitative estimate of drug-likeness (QED) is 0.457. The first-order valence-electron chi connectivity index (χ1n) is 5.40. The van der Waals surface area contributed by atoms with Gasteiger partial charge < -0.3 is 14.5 Å². The molecule has 1 aliphatic carbocycles. The van der Waals surface area contributed by atoms with E-state index in [1.54, 1.807) is 26.0 Å². The van der Waals surface area contributed by atoms with Crippen LogP contribution < -0.4 is 0 Å². The number of hydrogen-bond acceptors (Lipinski definition) is 2. The van der Waals surface area contributed by atoms with Gasteiger partial charge in [0.05, 0.1) is 11.5 Å². The van der Waals surface area contributed by atoms with Gasteiger partial charge in [-0.05, 0) is 19.3 Å². The van der Waals surface area contributed by atoms with E-state index in [9.17, 15) is 14.4 Å². The van der Waals surface area contributed by atoms with Crippen LogP contribution in [0.15, 0.2) is 12.2 Å². The van der Waals surface area contributed by atoms with Crippen molar-refractivity contribution in [1.29, 1.82) is 0 Å². The molecule has 2 N–H and O–H groups in total. The maximum Gasteiger partial charge on any atom is 0.357 e. The fourth-order valence-electron chi connectivity index (χ4n) is 1.89. The zero-order valence-electron chi connectivity index (χ0n) is 9.47. The first kappa shape index (κ1) is 14.2. The van der Waals surface area contributed by atoms with Crippen LogP contribution in [0.2, 0.25) is 0 Å². The Morgan fingerprint density at radius 1 is 1.44 bits per heavy atom. The zero-order chi connectivity index (χ0) is 12.4. The topological polar surface area (TPSA) is 66.8 Å². The molecule has 0 saturated carbocycles. The molecule has 0 radical (unpaired) electrons. The molecule has 0 saturated heterocycles. The van der Waals surface area contributed by atoms with Gasteiger partial charge in [-0.25, -0.2) is 0 Å². The van der Waals surface area contributed by atoms with Crippen molar-refractivity contribution >= 4 is 19.2 Å². The lowest BCUT2D eigenvalue weighted by Gasteiger charge is -2.34. The fourth-order valence-corrected chi connectivity index (χ4v) is 3.25. The molecule has 0 fully saturated rings. The minimum atomic E-state index is -4.28. The number of halogens is 1. The van der Waals surface area contributed by atoms with Gasteiger partial charge in [0.2, 0.25) is 0 Å². The minimum Gasteiger partial charge on any atom is -0.355 e. The largest absolute Gasteiger partial charge is 0.357 e. The van der Waals surface area contributed by atoms with Gasteiger partial charge in [0.1, 0.15) is 0 Å². The van der Waals surface area contributed by atoms with Gasteiger partial charge in [0, 0.05) is 0 Å². The third-order valence-corrected chi connectivity index (χ3v) is 5.12. The van der Waals surface area contributed by atoms with Crippen molar-refractivity contribution in [3.8, 4) is 0 Å². The van der Waals surface area contributed by atoms with Crippen LogP contribution >= 0.6 is 19.2 Å². The molecule has 0 aromatic heterocycles. The molecule has 0 amide bonds. The first-order chi connectivity index (χ1) is 7.34. The summed E-state index contributed by atoms with van der Waals surface area (Å²) in [6.07, 6.45) is 4.41. The fraction of sp³-hybridized carbons (Fsp3) is 0.800. The summed E-state index contributed by atoms with van der Waals surface area (Å²) in [5.74, 6) is 0. The lowest BCUT2D eigenvalue weighted by Crippen LogP contribution is -2.34. The summed E-state index contributed by atoms with van der Waals surface area (Å²) in [5, 5.41) is -1.48. The van der Waals surface area contributed by atoms with E-state index in [-0.39, 0.29) is 24.3 Å². The zero-order valence-corrected chi connectivity index (χ0v) is 11.1. The lowest BCUT2D eigenvalue weighted by atomic mass is 10.2. The molecule has 2 unspecified atom stereocenters. The summed E-state index contributed by atoms with van der Waals surface area (Å²) in [4.78, 5) is 18.8. The lowest BCUT2D eigenvalue weighted by molar-refractivity contribution is -0.0382. The maximum absolute atomic E-state index is 11.5. The van der Waals surface area contributed by atoms with Gasteiger partial charge in [-0.2, -0.15) is 0 Å². The monoisotopic (exact) mass is 268 g/mol. The van der Waals surface area contributed by atoms with E-state index in [0.717, 1.165) is 0 Å². The number of ether oxygens (including phenoxy) is 1. The first-order valence-corrected chi connectivity index (χ1v) is 7.45. The normalized spacial score (nSPS) is 26.3. The highest BCUT2D eigenvalue weighted by atomic mass is 35.5. The number of allylic oxidation sites excluding steroid dienone is 1. The van der Waals surface area contributed by atoms with E-state index < -0.39 is 12.9 Å². The van der Waals surface area contributed by atoms with Crippen LogP contribution in [-0.4, -0.2) is 26.6 Å². The standard InChI is InChI=1S/C10H18ClO4P/c1-3-10(4-2,16(12,13)14)15-9-6-5-8(11)7-9/h5-6,8-9H,3-4,7H2,1-2H3,(H2,12,13,14). The van der Waals surface area contributed by atoms with Gasteiger partial charge in [0.15, 0.2) is 5.34 Å². The number of hydrogen-bond donors (Lipinski definition) is 2. The summed E-state index contributed by atoms with van der Waals surface area (Å²) in [6.45, 7) is 3.44. The van der Waals surface area contributed by atoms with Crippen molar-refractivity contribution < 1.29 is 19.1 Å². The minimum absolute atomic E-state index is 0.104.